The molecule has 0 fully saturated rings. The molecular formula is C25H31N5O. The number of ketones is 1. The van der Waals surface area contributed by atoms with Gasteiger partial charge in [0, 0.05) is 34.9 Å². The van der Waals surface area contributed by atoms with Crippen molar-refractivity contribution in [2.75, 3.05) is 11.1 Å². The van der Waals surface area contributed by atoms with Crippen molar-refractivity contribution in [1.82, 2.24) is 14.4 Å². The number of nitrogens with two attached hydrogens (primary N) is 1. The molecule has 0 aliphatic rings. The van der Waals surface area contributed by atoms with Gasteiger partial charge in [0.15, 0.2) is 17.2 Å². The van der Waals surface area contributed by atoms with Crippen LogP contribution in [-0.2, 0) is 0 Å². The number of imidazole rings is 1. The third kappa shape index (κ3) is 5.92. The van der Waals surface area contributed by atoms with Gasteiger partial charge in [0.2, 0.25) is 0 Å². The molecule has 162 valence electrons. The first-order valence-corrected chi connectivity index (χ1v) is 10.6. The Hall–Kier alpha value is -3.67. The zero-order chi connectivity index (χ0) is 22.8. The number of aromatic nitrogens is 3. The minimum Gasteiger partial charge on any atom is -0.399 e. The summed E-state index contributed by atoms with van der Waals surface area (Å²) in [6.45, 7) is 9.81. The number of carbonyl (C=O) groups excluding carboxylic acids is 1. The second-order valence-corrected chi connectivity index (χ2v) is 6.70. The zero-order valence-corrected chi connectivity index (χ0v) is 18.9. The third-order valence-corrected chi connectivity index (χ3v) is 4.16. The Morgan fingerprint density at radius 3 is 2.35 bits per heavy atom. The molecule has 4 rings (SSSR count). The van der Waals surface area contributed by atoms with Crippen LogP contribution in [0, 0.1) is 0 Å². The lowest BCUT2D eigenvalue weighted by Gasteiger charge is -2.08. The molecule has 0 aliphatic heterocycles. The molecule has 2 aromatic carbocycles. The van der Waals surface area contributed by atoms with Crippen LogP contribution in [0.1, 0.15) is 51.4 Å². The van der Waals surface area contributed by atoms with E-state index in [1.165, 1.54) is 6.42 Å². The van der Waals surface area contributed by atoms with E-state index in [1.54, 1.807) is 19.3 Å². The largest absolute Gasteiger partial charge is 0.399 e. The normalized spacial score (nSPS) is 9.84. The van der Waals surface area contributed by atoms with Gasteiger partial charge in [-0.15, -0.1) is 0 Å². The van der Waals surface area contributed by atoms with E-state index in [9.17, 15) is 4.79 Å². The van der Waals surface area contributed by atoms with Crippen LogP contribution in [-0.4, -0.2) is 20.2 Å². The van der Waals surface area contributed by atoms with E-state index < -0.39 is 0 Å². The molecule has 6 heteroatoms. The molecule has 0 aliphatic carbocycles. The summed E-state index contributed by atoms with van der Waals surface area (Å²) in [6, 6.07) is 15.0. The molecule has 2 heterocycles. The zero-order valence-electron chi connectivity index (χ0n) is 18.9. The number of benzene rings is 2. The van der Waals surface area contributed by atoms with Crippen LogP contribution in [0.25, 0.3) is 16.9 Å². The van der Waals surface area contributed by atoms with E-state index in [0.29, 0.717) is 22.7 Å². The number of fused-ring (bicyclic) bond motifs is 1. The van der Waals surface area contributed by atoms with Crippen molar-refractivity contribution in [2.45, 2.75) is 41.0 Å². The molecule has 0 atom stereocenters. The number of nitrogens with one attached hydrogen (secondary N) is 1. The van der Waals surface area contributed by atoms with Crippen molar-refractivity contribution in [1.29, 1.82) is 0 Å². The van der Waals surface area contributed by atoms with Crippen molar-refractivity contribution in [3.05, 3.63) is 72.7 Å². The van der Waals surface area contributed by atoms with Crippen LogP contribution in [0.2, 0.25) is 0 Å². The minimum absolute atomic E-state index is 0.0486. The highest BCUT2D eigenvalue weighted by molar-refractivity contribution is 5.94. The number of Topliss-reactive ketones (excluding diaryl/α,β-unsaturated/α-hetero) is 1. The topological polar surface area (TPSA) is 85.3 Å². The molecule has 6 nitrogen and oxygen atoms in total. The van der Waals surface area contributed by atoms with Gasteiger partial charge in [0.05, 0.1) is 11.9 Å². The highest BCUT2D eigenvalue weighted by atomic mass is 16.1. The lowest BCUT2D eigenvalue weighted by Crippen LogP contribution is -1.99. The Kier molecular flexibility index (Phi) is 8.76. The van der Waals surface area contributed by atoms with Crippen molar-refractivity contribution < 1.29 is 4.79 Å². The highest BCUT2D eigenvalue weighted by Gasteiger charge is 2.11. The number of nitrogens with zero attached hydrogens (tertiary/aromatic N) is 3. The number of carbonyl (C=O) groups is 1. The molecule has 2 aromatic heterocycles. The summed E-state index contributed by atoms with van der Waals surface area (Å²) < 4.78 is 1.96. The summed E-state index contributed by atoms with van der Waals surface area (Å²) in [5, 5.41) is 3.26. The Morgan fingerprint density at radius 1 is 1.06 bits per heavy atom. The maximum atomic E-state index is 11.5. The lowest BCUT2D eigenvalue weighted by molar-refractivity contribution is 0.101. The molecule has 0 spiro atoms. The second-order valence-electron chi connectivity index (χ2n) is 6.70. The van der Waals surface area contributed by atoms with Crippen molar-refractivity contribution in [2.24, 2.45) is 0 Å². The fourth-order valence-corrected chi connectivity index (χ4v) is 2.85. The quantitative estimate of drug-likeness (QED) is 0.298. The van der Waals surface area contributed by atoms with E-state index in [2.05, 4.69) is 29.1 Å². The molecule has 0 bridgehead atoms. The van der Waals surface area contributed by atoms with Gasteiger partial charge in [0.1, 0.15) is 0 Å². The summed E-state index contributed by atoms with van der Waals surface area (Å²) >= 11 is 0. The van der Waals surface area contributed by atoms with E-state index >= 15 is 0 Å². The standard InChI is InChI=1S/C20H17N5O.C3H8.C2H6/c1-13(26)14-5-7-15(8-6-14)18-12-23-20-19(22-9-10-25(18)20)24-17-4-2-3-16(21)11-17;1-3-2;1-2/h2-12H,21H2,1H3,(H,22,24);3H2,1-2H3;1-2H3. The summed E-state index contributed by atoms with van der Waals surface area (Å²) in [4.78, 5) is 20.4. The maximum Gasteiger partial charge on any atom is 0.180 e. The number of hydrogen-bond donors (Lipinski definition) is 2. The van der Waals surface area contributed by atoms with Crippen LogP contribution < -0.4 is 11.1 Å². The summed E-state index contributed by atoms with van der Waals surface area (Å²) in [5.41, 5.74) is 10.7. The summed E-state index contributed by atoms with van der Waals surface area (Å²) in [5.74, 6) is 0.692. The fraction of sp³-hybridized carbons (Fsp3) is 0.240. The van der Waals surface area contributed by atoms with Crippen LogP contribution in [0.3, 0.4) is 0 Å². The molecular weight excluding hydrogens is 386 g/mol. The van der Waals surface area contributed by atoms with Gasteiger partial charge in [-0.25, -0.2) is 9.97 Å². The Labute approximate surface area is 184 Å². The van der Waals surface area contributed by atoms with E-state index in [-0.39, 0.29) is 5.78 Å². The first-order valence-electron chi connectivity index (χ1n) is 10.6. The van der Waals surface area contributed by atoms with Crippen LogP contribution in [0.5, 0.6) is 0 Å². The molecule has 0 saturated carbocycles. The Morgan fingerprint density at radius 2 is 1.74 bits per heavy atom. The van der Waals surface area contributed by atoms with Gasteiger partial charge < -0.3 is 11.1 Å². The second kappa shape index (κ2) is 11.5. The van der Waals surface area contributed by atoms with Gasteiger partial charge in [0.25, 0.3) is 0 Å². The Bertz CT molecular complexity index is 1120. The Balaban J connectivity index is 0.000000630. The van der Waals surface area contributed by atoms with Gasteiger partial charge in [-0.1, -0.05) is 64.4 Å². The average molecular weight is 418 g/mol. The molecule has 0 unspecified atom stereocenters. The smallest absolute Gasteiger partial charge is 0.180 e. The lowest BCUT2D eigenvalue weighted by atomic mass is 10.1. The van der Waals surface area contributed by atoms with Gasteiger partial charge in [-0.3, -0.25) is 9.20 Å². The molecule has 0 saturated heterocycles. The first-order chi connectivity index (χ1) is 15.0. The third-order valence-electron chi connectivity index (χ3n) is 4.16. The maximum absolute atomic E-state index is 11.5. The predicted molar refractivity (Wildman–Crippen MR) is 130 cm³/mol. The predicted octanol–water partition coefficient (Wildman–Crippen LogP) is 6.37. The van der Waals surface area contributed by atoms with E-state index in [0.717, 1.165) is 16.9 Å². The van der Waals surface area contributed by atoms with E-state index in [4.69, 9.17) is 5.73 Å². The van der Waals surface area contributed by atoms with Crippen LogP contribution >= 0.6 is 0 Å². The number of rotatable bonds is 4. The molecule has 0 radical (unpaired) electrons. The van der Waals surface area contributed by atoms with Gasteiger partial charge >= 0.3 is 0 Å². The minimum atomic E-state index is 0.0486. The summed E-state index contributed by atoms with van der Waals surface area (Å²) in [6.07, 6.45) is 6.63. The van der Waals surface area contributed by atoms with Crippen molar-refractivity contribution in [3.8, 4) is 11.3 Å². The number of nitrogen functional groups attached to an aromatic ring is 1. The van der Waals surface area contributed by atoms with Gasteiger partial charge in [-0.2, -0.15) is 0 Å². The molecule has 4 aromatic rings. The highest BCUT2D eigenvalue weighted by Crippen LogP contribution is 2.26. The summed E-state index contributed by atoms with van der Waals surface area (Å²) in [7, 11) is 0. The monoisotopic (exact) mass is 417 g/mol. The molecule has 0 amide bonds. The van der Waals surface area contributed by atoms with E-state index in [1.807, 2.05) is 73.0 Å². The van der Waals surface area contributed by atoms with Crippen molar-refractivity contribution in [3.63, 3.8) is 0 Å². The fourth-order valence-electron chi connectivity index (χ4n) is 2.85. The average Bonchev–Trinajstić information content (AvgIpc) is 3.21. The first kappa shape index (κ1) is 23.6. The molecule has 31 heavy (non-hydrogen) atoms. The van der Waals surface area contributed by atoms with Crippen molar-refractivity contribution >= 4 is 28.6 Å². The SMILES string of the molecule is CC.CC(=O)c1ccc(-c2cnc3c(Nc4cccc(N)c4)nccn23)cc1.CCC. The number of anilines is 3. The van der Waals surface area contributed by atoms with Crippen LogP contribution in [0.4, 0.5) is 17.2 Å². The van der Waals surface area contributed by atoms with Gasteiger partial charge in [-0.05, 0) is 25.1 Å². The molecule has 3 N–H and O–H groups in total. The van der Waals surface area contributed by atoms with Crippen LogP contribution in [0.15, 0.2) is 67.1 Å². The number of hydrogen-bond acceptors (Lipinski definition) is 5.